The molecule has 162 valence electrons. The lowest BCUT2D eigenvalue weighted by Gasteiger charge is -2.06. The Morgan fingerprint density at radius 1 is 1.03 bits per heavy atom. The third kappa shape index (κ3) is 3.93. The topological polar surface area (TPSA) is 86.3 Å². The van der Waals surface area contributed by atoms with E-state index in [2.05, 4.69) is 45.9 Å². The van der Waals surface area contributed by atoms with E-state index in [0.717, 1.165) is 84.1 Å². The molecule has 5 heterocycles. The van der Waals surface area contributed by atoms with Crippen LogP contribution < -0.4 is 5.32 Å². The van der Waals surface area contributed by atoms with Crippen LogP contribution in [0.3, 0.4) is 0 Å². The van der Waals surface area contributed by atoms with Gasteiger partial charge in [0.15, 0.2) is 5.65 Å². The van der Waals surface area contributed by atoms with Crippen molar-refractivity contribution in [3.8, 4) is 22.6 Å². The Morgan fingerprint density at radius 2 is 1.90 bits per heavy atom. The second-order valence-electron chi connectivity index (χ2n) is 7.88. The largest absolute Gasteiger partial charge is 0.311 e. The van der Waals surface area contributed by atoms with Gasteiger partial charge in [-0.3, -0.25) is 19.3 Å². The molecule has 1 N–H and O–H groups in total. The SMILES string of the molecule is CCCn1nc2nc(-c3cc4n(n3)CCCNC4)cc(-c3cnc(C)cn3)c2c1C.Cl. The molecule has 1 aliphatic heterocycles. The van der Waals surface area contributed by atoms with Crippen LogP contribution in [-0.4, -0.2) is 41.1 Å². The first-order chi connectivity index (χ1) is 14.6. The fraction of sp³-hybridized carbons (Fsp3) is 0.409. The molecule has 0 saturated heterocycles. The highest BCUT2D eigenvalue weighted by atomic mass is 35.5. The van der Waals surface area contributed by atoms with E-state index >= 15 is 0 Å². The molecule has 4 aromatic heterocycles. The number of fused-ring (bicyclic) bond motifs is 2. The van der Waals surface area contributed by atoms with E-state index < -0.39 is 0 Å². The van der Waals surface area contributed by atoms with E-state index in [-0.39, 0.29) is 12.4 Å². The molecule has 0 aliphatic carbocycles. The molecule has 8 nitrogen and oxygen atoms in total. The van der Waals surface area contributed by atoms with Crippen LogP contribution in [0.25, 0.3) is 33.7 Å². The van der Waals surface area contributed by atoms with Gasteiger partial charge in [0, 0.05) is 37.1 Å². The average Bonchev–Trinajstić information content (AvgIpc) is 3.21. The van der Waals surface area contributed by atoms with Crippen molar-refractivity contribution < 1.29 is 0 Å². The smallest absolute Gasteiger partial charge is 0.182 e. The van der Waals surface area contributed by atoms with Gasteiger partial charge in [0.05, 0.1) is 34.4 Å². The number of aryl methyl sites for hydroxylation is 4. The summed E-state index contributed by atoms with van der Waals surface area (Å²) >= 11 is 0. The number of hydrogen-bond donors (Lipinski definition) is 1. The minimum Gasteiger partial charge on any atom is -0.311 e. The molecule has 0 amide bonds. The first kappa shape index (κ1) is 21.4. The van der Waals surface area contributed by atoms with Crippen LogP contribution in [0.1, 0.15) is 36.8 Å². The van der Waals surface area contributed by atoms with Crippen LogP contribution in [0, 0.1) is 13.8 Å². The molecular formula is C22H27ClN8. The van der Waals surface area contributed by atoms with Crippen LogP contribution in [-0.2, 0) is 19.6 Å². The molecule has 0 unspecified atom stereocenters. The van der Waals surface area contributed by atoms with E-state index in [0.29, 0.717) is 0 Å². The lowest BCUT2D eigenvalue weighted by molar-refractivity contribution is 0.588. The molecule has 9 heteroatoms. The van der Waals surface area contributed by atoms with Gasteiger partial charge in [-0.1, -0.05) is 6.92 Å². The van der Waals surface area contributed by atoms with Gasteiger partial charge in [-0.2, -0.15) is 10.2 Å². The minimum atomic E-state index is 0. The molecule has 0 bridgehead atoms. The van der Waals surface area contributed by atoms with Gasteiger partial charge in [-0.05, 0) is 45.4 Å². The number of hydrogen-bond acceptors (Lipinski definition) is 6. The zero-order valence-electron chi connectivity index (χ0n) is 18.1. The summed E-state index contributed by atoms with van der Waals surface area (Å²) in [4.78, 5) is 14.0. The Kier molecular flexibility index (Phi) is 6.02. The van der Waals surface area contributed by atoms with Gasteiger partial charge in [0.1, 0.15) is 5.69 Å². The molecule has 0 aromatic carbocycles. The molecule has 0 radical (unpaired) electrons. The van der Waals surface area contributed by atoms with E-state index in [1.165, 1.54) is 5.69 Å². The van der Waals surface area contributed by atoms with E-state index in [4.69, 9.17) is 15.2 Å². The second-order valence-corrected chi connectivity index (χ2v) is 7.88. The van der Waals surface area contributed by atoms with Gasteiger partial charge >= 0.3 is 0 Å². The zero-order chi connectivity index (χ0) is 20.7. The van der Waals surface area contributed by atoms with Gasteiger partial charge in [0.25, 0.3) is 0 Å². The van der Waals surface area contributed by atoms with Crippen molar-refractivity contribution in [3.63, 3.8) is 0 Å². The predicted octanol–water partition coefficient (Wildman–Crippen LogP) is 3.69. The quantitative estimate of drug-likeness (QED) is 0.523. The molecule has 31 heavy (non-hydrogen) atoms. The average molecular weight is 439 g/mol. The Bertz CT molecular complexity index is 1190. The van der Waals surface area contributed by atoms with E-state index in [1.807, 2.05) is 17.8 Å². The molecule has 0 atom stereocenters. The number of rotatable bonds is 4. The summed E-state index contributed by atoms with van der Waals surface area (Å²) in [6, 6.07) is 4.22. The van der Waals surface area contributed by atoms with Crippen LogP contribution in [0.5, 0.6) is 0 Å². The van der Waals surface area contributed by atoms with E-state index in [1.54, 1.807) is 6.20 Å². The van der Waals surface area contributed by atoms with Gasteiger partial charge in [-0.25, -0.2) is 4.98 Å². The van der Waals surface area contributed by atoms with Gasteiger partial charge in [-0.15, -0.1) is 12.4 Å². The van der Waals surface area contributed by atoms with Crippen molar-refractivity contribution in [2.75, 3.05) is 6.54 Å². The maximum absolute atomic E-state index is 4.90. The Balaban J connectivity index is 0.00000231. The molecule has 0 spiro atoms. The monoisotopic (exact) mass is 438 g/mol. The summed E-state index contributed by atoms with van der Waals surface area (Å²) in [6.07, 6.45) is 5.72. The number of nitrogens with zero attached hydrogens (tertiary/aromatic N) is 7. The lowest BCUT2D eigenvalue weighted by atomic mass is 10.1. The van der Waals surface area contributed by atoms with Gasteiger partial charge < -0.3 is 5.32 Å². The van der Waals surface area contributed by atoms with Crippen molar-refractivity contribution in [3.05, 3.63) is 41.6 Å². The molecule has 4 aromatic rings. The standard InChI is InChI=1S/C22H26N8.ClH/c1-4-7-29-15(3)21-17(20-13-24-14(2)11-25-20)10-18(26-22(21)28-29)19-9-16-12-23-6-5-8-30(16)27-19;/h9-11,13,23H,4-8,12H2,1-3H3;1H. The highest BCUT2D eigenvalue weighted by Crippen LogP contribution is 2.32. The third-order valence-corrected chi connectivity index (χ3v) is 5.61. The van der Waals surface area contributed by atoms with Crippen molar-refractivity contribution >= 4 is 23.4 Å². The minimum absolute atomic E-state index is 0. The number of aromatic nitrogens is 7. The molecule has 1 aliphatic rings. The summed E-state index contributed by atoms with van der Waals surface area (Å²) < 4.78 is 4.13. The molecule has 0 saturated carbocycles. The van der Waals surface area contributed by atoms with E-state index in [9.17, 15) is 0 Å². The van der Waals surface area contributed by atoms with Crippen molar-refractivity contribution in [2.24, 2.45) is 0 Å². The maximum atomic E-state index is 4.90. The summed E-state index contributed by atoms with van der Waals surface area (Å²) in [7, 11) is 0. The van der Waals surface area contributed by atoms with Crippen molar-refractivity contribution in [1.82, 2.24) is 39.8 Å². The summed E-state index contributed by atoms with van der Waals surface area (Å²) in [6.45, 7) is 9.83. The molecular weight excluding hydrogens is 412 g/mol. The first-order valence-corrected chi connectivity index (χ1v) is 10.6. The first-order valence-electron chi connectivity index (χ1n) is 10.6. The van der Waals surface area contributed by atoms with Crippen molar-refractivity contribution in [2.45, 2.75) is 53.2 Å². The molecule has 0 fully saturated rings. The second kappa shape index (κ2) is 8.72. The zero-order valence-corrected chi connectivity index (χ0v) is 18.9. The number of halogens is 1. The predicted molar refractivity (Wildman–Crippen MR) is 123 cm³/mol. The van der Waals surface area contributed by atoms with Crippen LogP contribution in [0.15, 0.2) is 24.5 Å². The number of nitrogens with one attached hydrogen (secondary N) is 1. The summed E-state index contributed by atoms with van der Waals surface area (Å²) in [5.41, 5.74) is 7.45. The Labute approximate surface area is 187 Å². The van der Waals surface area contributed by atoms with Crippen molar-refractivity contribution in [1.29, 1.82) is 0 Å². The van der Waals surface area contributed by atoms with Crippen LogP contribution in [0.2, 0.25) is 0 Å². The lowest BCUT2D eigenvalue weighted by Crippen LogP contribution is -2.11. The summed E-state index contributed by atoms with van der Waals surface area (Å²) in [5, 5.41) is 14.1. The fourth-order valence-electron chi connectivity index (χ4n) is 4.06. The fourth-order valence-corrected chi connectivity index (χ4v) is 4.06. The summed E-state index contributed by atoms with van der Waals surface area (Å²) in [5.74, 6) is 0. The normalized spacial score (nSPS) is 13.6. The van der Waals surface area contributed by atoms with Crippen LogP contribution in [0.4, 0.5) is 0 Å². The number of pyridine rings is 1. The highest BCUT2D eigenvalue weighted by molar-refractivity contribution is 5.95. The van der Waals surface area contributed by atoms with Gasteiger partial charge in [0.2, 0.25) is 0 Å². The Morgan fingerprint density at radius 3 is 2.68 bits per heavy atom. The maximum Gasteiger partial charge on any atom is 0.182 e. The highest BCUT2D eigenvalue weighted by Gasteiger charge is 2.20. The third-order valence-electron chi connectivity index (χ3n) is 5.61. The molecule has 5 rings (SSSR count). The van der Waals surface area contributed by atoms with Crippen LogP contribution >= 0.6 is 12.4 Å². The Hall–Kier alpha value is -2.84.